The minimum Gasteiger partial charge on any atom is -0.443 e. The molecule has 1 saturated heterocycles. The molecule has 0 aromatic heterocycles. The van der Waals surface area contributed by atoms with Crippen molar-refractivity contribution in [3.05, 3.63) is 0 Å². The van der Waals surface area contributed by atoms with Gasteiger partial charge in [0, 0.05) is 23.2 Å². The van der Waals surface area contributed by atoms with E-state index < -0.39 is 17.6 Å². The van der Waals surface area contributed by atoms with Crippen LogP contribution in [0.4, 0.5) is 4.79 Å². The standard InChI is InChI=1S/C21H33NO4/c1-6-19(4)15-17(26-18(25)22-15)20(5)11(2)7-9-21(12(3)16(19)24)10-8-13(23)14(20)21/h11-12,14-17,24H,6-10H2,1-5H3,(H,22,25)/t11-,12+,14-,15-,16+,17-,19-,20-,21+/m1/s1. The van der Waals surface area contributed by atoms with Crippen molar-refractivity contribution in [2.75, 3.05) is 0 Å². The number of Topliss-reactive ketones (excluding diaryl/α,β-unsaturated/α-hetero) is 1. The van der Waals surface area contributed by atoms with E-state index in [1.54, 1.807) is 0 Å². The van der Waals surface area contributed by atoms with Gasteiger partial charge in [-0.15, -0.1) is 0 Å². The molecule has 0 spiro atoms. The summed E-state index contributed by atoms with van der Waals surface area (Å²) in [6.45, 7) is 10.7. The summed E-state index contributed by atoms with van der Waals surface area (Å²) >= 11 is 0. The molecule has 3 aliphatic carbocycles. The van der Waals surface area contributed by atoms with Crippen LogP contribution in [0, 0.1) is 34.0 Å². The highest BCUT2D eigenvalue weighted by atomic mass is 16.6. The molecule has 4 rings (SSSR count). The lowest BCUT2D eigenvalue weighted by atomic mass is 9.43. The Morgan fingerprint density at radius 3 is 2.58 bits per heavy atom. The van der Waals surface area contributed by atoms with Gasteiger partial charge in [-0.05, 0) is 42.9 Å². The Balaban J connectivity index is 1.97. The SMILES string of the molecule is CC[C@]1(C)[C@@H]2NC(=O)O[C@H]2[C@]2(C)[C@H](C)CC[C@]3(CCC(=O)[C@@H]32)[C@@H](C)[C@@H]1O. The average molecular weight is 363 g/mol. The molecule has 1 heterocycles. The molecule has 0 aromatic carbocycles. The van der Waals surface area contributed by atoms with Crippen molar-refractivity contribution >= 4 is 11.9 Å². The van der Waals surface area contributed by atoms with Crippen LogP contribution in [0.15, 0.2) is 0 Å². The van der Waals surface area contributed by atoms with Crippen LogP contribution in [0.25, 0.3) is 0 Å². The molecule has 146 valence electrons. The highest BCUT2D eigenvalue weighted by molar-refractivity contribution is 5.86. The molecular weight excluding hydrogens is 330 g/mol. The molecule has 0 aromatic rings. The number of amides is 1. The van der Waals surface area contributed by atoms with E-state index >= 15 is 0 Å². The van der Waals surface area contributed by atoms with E-state index in [2.05, 4.69) is 39.9 Å². The molecular formula is C21H33NO4. The monoisotopic (exact) mass is 363 g/mol. The highest BCUT2D eigenvalue weighted by Gasteiger charge is 2.71. The van der Waals surface area contributed by atoms with E-state index in [-0.39, 0.29) is 34.8 Å². The van der Waals surface area contributed by atoms with Crippen molar-refractivity contribution in [1.29, 1.82) is 0 Å². The van der Waals surface area contributed by atoms with Gasteiger partial charge in [-0.1, -0.05) is 34.6 Å². The summed E-state index contributed by atoms with van der Waals surface area (Å²) in [7, 11) is 0. The molecule has 1 amide bonds. The van der Waals surface area contributed by atoms with E-state index in [0.717, 1.165) is 25.7 Å². The van der Waals surface area contributed by atoms with Crippen LogP contribution in [0.3, 0.4) is 0 Å². The van der Waals surface area contributed by atoms with Gasteiger partial charge < -0.3 is 15.2 Å². The summed E-state index contributed by atoms with van der Waals surface area (Å²) in [5, 5.41) is 14.5. The summed E-state index contributed by atoms with van der Waals surface area (Å²) in [5.41, 5.74) is -1.03. The fourth-order valence-corrected chi connectivity index (χ4v) is 7.36. The van der Waals surface area contributed by atoms with Crippen LogP contribution in [0.2, 0.25) is 0 Å². The van der Waals surface area contributed by atoms with Crippen molar-refractivity contribution in [1.82, 2.24) is 5.32 Å². The van der Waals surface area contributed by atoms with Crippen LogP contribution in [-0.2, 0) is 9.53 Å². The van der Waals surface area contributed by atoms with Crippen LogP contribution < -0.4 is 5.32 Å². The van der Waals surface area contributed by atoms with Gasteiger partial charge in [0.1, 0.15) is 11.9 Å². The Kier molecular flexibility index (Phi) is 3.84. The lowest BCUT2D eigenvalue weighted by Crippen LogP contribution is -2.68. The molecule has 26 heavy (non-hydrogen) atoms. The molecule has 9 atom stereocenters. The molecule has 1 aliphatic heterocycles. The van der Waals surface area contributed by atoms with Crippen LogP contribution in [0.5, 0.6) is 0 Å². The molecule has 5 heteroatoms. The van der Waals surface area contributed by atoms with Gasteiger partial charge in [-0.2, -0.15) is 0 Å². The number of alkyl carbamates (subject to hydrolysis) is 1. The van der Waals surface area contributed by atoms with Crippen molar-refractivity contribution < 1.29 is 19.4 Å². The first kappa shape index (κ1) is 18.3. The second-order valence-corrected chi connectivity index (χ2v) is 9.98. The third-order valence-electron chi connectivity index (χ3n) is 9.41. The lowest BCUT2D eigenvalue weighted by molar-refractivity contribution is -0.196. The Labute approximate surface area is 156 Å². The second-order valence-electron chi connectivity index (χ2n) is 9.98. The smallest absolute Gasteiger partial charge is 0.407 e. The number of nitrogens with one attached hydrogen (secondary N) is 1. The predicted molar refractivity (Wildman–Crippen MR) is 97.4 cm³/mol. The third-order valence-corrected chi connectivity index (χ3v) is 9.41. The van der Waals surface area contributed by atoms with Crippen molar-refractivity contribution in [2.45, 2.75) is 85.0 Å². The van der Waals surface area contributed by atoms with E-state index in [1.807, 2.05) is 0 Å². The van der Waals surface area contributed by atoms with Gasteiger partial charge in [0.2, 0.25) is 0 Å². The number of carbonyl (C=O) groups excluding carboxylic acids is 2. The number of rotatable bonds is 1. The van der Waals surface area contributed by atoms with Gasteiger partial charge in [-0.3, -0.25) is 4.79 Å². The van der Waals surface area contributed by atoms with Gasteiger partial charge in [0.15, 0.2) is 0 Å². The lowest BCUT2D eigenvalue weighted by Gasteiger charge is -2.62. The van der Waals surface area contributed by atoms with Gasteiger partial charge >= 0.3 is 6.09 Å². The summed E-state index contributed by atoms with van der Waals surface area (Å²) in [5.74, 6) is 0.491. The Bertz CT molecular complexity index is 650. The molecule has 3 saturated carbocycles. The van der Waals surface area contributed by atoms with Crippen LogP contribution >= 0.6 is 0 Å². The molecule has 0 radical (unpaired) electrons. The number of carbonyl (C=O) groups is 2. The molecule has 2 N–H and O–H groups in total. The zero-order valence-electron chi connectivity index (χ0n) is 16.7. The van der Waals surface area contributed by atoms with Gasteiger partial charge in [0.05, 0.1) is 12.1 Å². The van der Waals surface area contributed by atoms with Crippen molar-refractivity contribution in [3.63, 3.8) is 0 Å². The number of hydrogen-bond acceptors (Lipinski definition) is 4. The Morgan fingerprint density at radius 2 is 1.92 bits per heavy atom. The second kappa shape index (κ2) is 5.46. The molecule has 5 nitrogen and oxygen atoms in total. The summed E-state index contributed by atoms with van der Waals surface area (Å²) in [4.78, 5) is 25.5. The predicted octanol–water partition coefficient (Wildman–Crippen LogP) is 3.29. The maximum Gasteiger partial charge on any atom is 0.407 e. The van der Waals surface area contributed by atoms with E-state index in [9.17, 15) is 14.7 Å². The fourth-order valence-electron chi connectivity index (χ4n) is 7.36. The van der Waals surface area contributed by atoms with Gasteiger partial charge in [0.25, 0.3) is 0 Å². The van der Waals surface area contributed by atoms with Crippen LogP contribution in [0.1, 0.15) is 66.7 Å². The number of aliphatic hydroxyl groups is 1. The molecule has 2 bridgehead atoms. The number of ketones is 1. The minimum atomic E-state index is -0.576. The van der Waals surface area contributed by atoms with E-state index in [4.69, 9.17) is 4.74 Å². The van der Waals surface area contributed by atoms with Crippen molar-refractivity contribution in [3.8, 4) is 0 Å². The first-order valence-corrected chi connectivity index (χ1v) is 10.3. The van der Waals surface area contributed by atoms with Gasteiger partial charge in [-0.25, -0.2) is 4.79 Å². The third kappa shape index (κ3) is 1.91. The summed E-state index contributed by atoms with van der Waals surface area (Å²) in [6.07, 6.45) is 2.84. The zero-order valence-corrected chi connectivity index (χ0v) is 16.7. The molecule has 0 unspecified atom stereocenters. The fraction of sp³-hybridized carbons (Fsp3) is 0.905. The summed E-state index contributed by atoms with van der Waals surface area (Å²) in [6, 6.07) is -0.269. The quantitative estimate of drug-likeness (QED) is 0.749. The molecule has 4 fully saturated rings. The minimum absolute atomic E-state index is 0.0224. The van der Waals surface area contributed by atoms with Crippen LogP contribution in [-0.4, -0.2) is 35.2 Å². The average Bonchev–Trinajstić information content (AvgIpc) is 3.18. The maximum absolute atomic E-state index is 13.1. The zero-order chi connectivity index (χ0) is 19.1. The number of ether oxygens (including phenoxy) is 1. The maximum atomic E-state index is 13.1. The summed E-state index contributed by atoms with van der Waals surface area (Å²) < 4.78 is 5.88. The van der Waals surface area contributed by atoms with Crippen molar-refractivity contribution in [2.24, 2.45) is 34.0 Å². The number of fused-ring (bicyclic) bond motifs is 2. The Morgan fingerprint density at radius 1 is 1.23 bits per heavy atom. The topological polar surface area (TPSA) is 75.6 Å². The number of aliphatic hydroxyl groups excluding tert-OH is 1. The van der Waals surface area contributed by atoms with E-state index in [1.165, 1.54) is 0 Å². The first-order valence-electron chi connectivity index (χ1n) is 10.3. The van der Waals surface area contributed by atoms with E-state index in [0.29, 0.717) is 18.1 Å². The largest absolute Gasteiger partial charge is 0.443 e. The number of hydrogen-bond donors (Lipinski definition) is 2. The highest BCUT2D eigenvalue weighted by Crippen LogP contribution is 2.68. The molecule has 4 aliphatic rings. The first-order chi connectivity index (χ1) is 12.1. The normalized spacial score (nSPS) is 56.1. The Hall–Kier alpha value is -1.10.